The van der Waals surface area contributed by atoms with Gasteiger partial charge in [-0.2, -0.15) is 0 Å². The zero-order chi connectivity index (χ0) is 19.5. The molecule has 1 saturated carbocycles. The molecule has 0 saturated heterocycles. The van der Waals surface area contributed by atoms with E-state index >= 15 is 0 Å². The van der Waals surface area contributed by atoms with Gasteiger partial charge in [-0.25, -0.2) is 5.43 Å². The number of amides is 1. The molecule has 28 heavy (non-hydrogen) atoms. The van der Waals surface area contributed by atoms with E-state index in [-0.39, 0.29) is 18.1 Å². The number of carbonyl (C=O) groups excluding carboxylic acids is 1. The van der Waals surface area contributed by atoms with E-state index in [4.69, 9.17) is 0 Å². The van der Waals surface area contributed by atoms with Crippen molar-refractivity contribution >= 4 is 22.9 Å². The van der Waals surface area contributed by atoms with Crippen molar-refractivity contribution in [1.29, 1.82) is 0 Å². The first-order valence-electron chi connectivity index (χ1n) is 9.95. The number of hydrogen-bond acceptors (Lipinski definition) is 5. The van der Waals surface area contributed by atoms with Crippen LogP contribution < -0.4 is 10.4 Å². The fourth-order valence-corrected chi connectivity index (χ4v) is 4.87. The fourth-order valence-electron chi connectivity index (χ4n) is 4.20. The molecule has 1 aliphatic heterocycles. The van der Waals surface area contributed by atoms with Crippen LogP contribution in [0, 0.1) is 0 Å². The first-order valence-corrected chi connectivity index (χ1v) is 10.8. The molecular formula is C22H28N4OS. The van der Waals surface area contributed by atoms with E-state index in [9.17, 15) is 4.79 Å². The SMILES string of the molecule is CN(C)C1CCC(N(C(=O)c2cccs2)C2C=CN(c3ccccc3)N2)CC1. The summed E-state index contributed by atoms with van der Waals surface area (Å²) in [6, 6.07) is 14.9. The Kier molecular flexibility index (Phi) is 5.80. The number of benzene rings is 1. The highest BCUT2D eigenvalue weighted by molar-refractivity contribution is 7.12. The van der Waals surface area contributed by atoms with Gasteiger partial charge in [0.25, 0.3) is 5.91 Å². The quantitative estimate of drug-likeness (QED) is 0.831. The zero-order valence-corrected chi connectivity index (χ0v) is 17.3. The van der Waals surface area contributed by atoms with Gasteiger partial charge in [-0.05, 0) is 69.4 Å². The minimum Gasteiger partial charge on any atom is -0.314 e. The summed E-state index contributed by atoms with van der Waals surface area (Å²) < 4.78 is 0. The number of hydrazine groups is 1. The van der Waals surface area contributed by atoms with E-state index in [0.29, 0.717) is 6.04 Å². The molecule has 2 heterocycles. The maximum Gasteiger partial charge on any atom is 0.265 e. The molecule has 148 valence electrons. The number of hydrogen-bond donors (Lipinski definition) is 1. The smallest absolute Gasteiger partial charge is 0.265 e. The van der Waals surface area contributed by atoms with Crippen LogP contribution in [0.15, 0.2) is 60.1 Å². The van der Waals surface area contributed by atoms with Crippen LogP contribution in [0.5, 0.6) is 0 Å². The number of anilines is 1. The Bertz CT molecular complexity index is 797. The number of nitrogens with one attached hydrogen (secondary N) is 1. The summed E-state index contributed by atoms with van der Waals surface area (Å²) in [4.78, 5) is 18.6. The highest BCUT2D eigenvalue weighted by Crippen LogP contribution is 2.30. The first-order chi connectivity index (χ1) is 13.6. The van der Waals surface area contributed by atoms with Gasteiger partial charge in [-0.15, -0.1) is 11.3 Å². The summed E-state index contributed by atoms with van der Waals surface area (Å²) in [5.41, 5.74) is 4.57. The molecule has 0 radical (unpaired) electrons. The minimum atomic E-state index is -0.129. The van der Waals surface area contributed by atoms with Gasteiger partial charge in [-0.1, -0.05) is 24.3 Å². The summed E-state index contributed by atoms with van der Waals surface area (Å²) in [6.07, 6.45) is 8.33. The lowest BCUT2D eigenvalue weighted by molar-refractivity contribution is 0.0492. The lowest BCUT2D eigenvalue weighted by Gasteiger charge is -2.41. The number of thiophene rings is 1. The van der Waals surface area contributed by atoms with Crippen molar-refractivity contribution in [2.45, 2.75) is 43.9 Å². The van der Waals surface area contributed by atoms with Crippen molar-refractivity contribution in [3.05, 3.63) is 65.0 Å². The summed E-state index contributed by atoms with van der Waals surface area (Å²) >= 11 is 1.52. The third kappa shape index (κ3) is 3.99. The van der Waals surface area contributed by atoms with E-state index in [1.54, 1.807) is 0 Å². The highest BCUT2D eigenvalue weighted by atomic mass is 32.1. The van der Waals surface area contributed by atoms with Crippen molar-refractivity contribution in [3.63, 3.8) is 0 Å². The van der Waals surface area contributed by atoms with Crippen LogP contribution in [0.25, 0.3) is 0 Å². The van der Waals surface area contributed by atoms with Crippen LogP contribution in [0.2, 0.25) is 0 Å². The topological polar surface area (TPSA) is 38.8 Å². The zero-order valence-electron chi connectivity index (χ0n) is 16.5. The van der Waals surface area contributed by atoms with Gasteiger partial charge in [0.1, 0.15) is 6.17 Å². The second-order valence-corrected chi connectivity index (χ2v) is 8.68. The third-order valence-corrected chi connectivity index (χ3v) is 6.64. The summed E-state index contributed by atoms with van der Waals surface area (Å²) in [7, 11) is 4.30. The third-order valence-electron chi connectivity index (χ3n) is 5.78. The number of rotatable bonds is 5. The Morgan fingerprint density at radius 2 is 1.75 bits per heavy atom. The van der Waals surface area contributed by atoms with E-state index in [1.165, 1.54) is 11.3 Å². The van der Waals surface area contributed by atoms with Crippen LogP contribution in [-0.4, -0.2) is 48.1 Å². The van der Waals surface area contributed by atoms with E-state index < -0.39 is 0 Å². The fraction of sp³-hybridized carbons (Fsp3) is 0.409. The molecule has 1 fully saturated rings. The molecule has 2 aromatic rings. The Balaban J connectivity index is 1.53. The van der Waals surface area contributed by atoms with Gasteiger partial charge < -0.3 is 9.80 Å². The molecule has 5 nitrogen and oxygen atoms in total. The van der Waals surface area contributed by atoms with Gasteiger partial charge in [0, 0.05) is 18.3 Å². The lowest BCUT2D eigenvalue weighted by atomic mass is 9.89. The van der Waals surface area contributed by atoms with Crippen molar-refractivity contribution in [2.24, 2.45) is 0 Å². The molecule has 2 aliphatic rings. The predicted molar refractivity (Wildman–Crippen MR) is 115 cm³/mol. The van der Waals surface area contributed by atoms with Gasteiger partial charge in [0.15, 0.2) is 0 Å². The molecule has 1 N–H and O–H groups in total. The maximum absolute atomic E-state index is 13.4. The summed E-state index contributed by atoms with van der Waals surface area (Å²) in [5.74, 6) is 0.125. The second-order valence-electron chi connectivity index (χ2n) is 7.74. The lowest BCUT2D eigenvalue weighted by Crippen LogP contribution is -2.55. The van der Waals surface area contributed by atoms with Crippen LogP contribution in [0.3, 0.4) is 0 Å². The Morgan fingerprint density at radius 1 is 1.04 bits per heavy atom. The molecule has 1 atom stereocenters. The number of carbonyl (C=O) groups is 1. The monoisotopic (exact) mass is 396 g/mol. The summed E-state index contributed by atoms with van der Waals surface area (Å²) in [5, 5.41) is 3.98. The highest BCUT2D eigenvalue weighted by Gasteiger charge is 2.36. The van der Waals surface area contributed by atoms with Crippen LogP contribution in [0.4, 0.5) is 5.69 Å². The number of para-hydroxylation sites is 1. The molecule has 1 aromatic heterocycles. The van der Waals surface area contributed by atoms with Crippen LogP contribution >= 0.6 is 11.3 Å². The minimum absolute atomic E-state index is 0.125. The van der Waals surface area contributed by atoms with Gasteiger partial charge >= 0.3 is 0 Å². The average molecular weight is 397 g/mol. The van der Waals surface area contributed by atoms with Crippen molar-refractivity contribution in [3.8, 4) is 0 Å². The average Bonchev–Trinajstić information content (AvgIpc) is 3.42. The molecule has 1 amide bonds. The Labute approximate surface area is 171 Å². The van der Waals surface area contributed by atoms with Gasteiger partial charge in [-0.3, -0.25) is 9.80 Å². The molecule has 1 unspecified atom stereocenters. The normalized spacial score (nSPS) is 24.7. The Hall–Kier alpha value is -2.15. The second kappa shape index (κ2) is 8.47. The van der Waals surface area contributed by atoms with Gasteiger partial charge in [0.05, 0.1) is 10.6 Å². The largest absolute Gasteiger partial charge is 0.314 e. The van der Waals surface area contributed by atoms with Crippen LogP contribution in [0.1, 0.15) is 35.4 Å². The molecule has 4 rings (SSSR count). The van der Waals surface area contributed by atoms with Crippen molar-refractivity contribution < 1.29 is 4.79 Å². The van der Waals surface area contributed by atoms with E-state index in [2.05, 4.69) is 47.5 Å². The van der Waals surface area contributed by atoms with E-state index in [1.807, 2.05) is 46.9 Å². The molecule has 6 heteroatoms. The number of nitrogens with zero attached hydrogens (tertiary/aromatic N) is 3. The molecule has 0 bridgehead atoms. The first kappa shape index (κ1) is 19.2. The van der Waals surface area contributed by atoms with E-state index in [0.717, 1.165) is 36.2 Å². The predicted octanol–water partition coefficient (Wildman–Crippen LogP) is 3.93. The van der Waals surface area contributed by atoms with Crippen molar-refractivity contribution in [2.75, 3.05) is 19.1 Å². The summed E-state index contributed by atoms with van der Waals surface area (Å²) in [6.45, 7) is 0. The Morgan fingerprint density at radius 3 is 2.39 bits per heavy atom. The molecule has 1 aliphatic carbocycles. The molecule has 0 spiro atoms. The molecular weight excluding hydrogens is 368 g/mol. The van der Waals surface area contributed by atoms with Gasteiger partial charge in [0.2, 0.25) is 0 Å². The van der Waals surface area contributed by atoms with Crippen LogP contribution in [-0.2, 0) is 0 Å². The molecule has 1 aromatic carbocycles. The maximum atomic E-state index is 13.4. The standard InChI is InChI=1S/C22H28N4OS/c1-24(2)17-10-12-19(13-11-17)26(22(27)20-9-6-16-28-20)21-14-15-25(23-21)18-7-4-3-5-8-18/h3-9,14-17,19,21,23H,10-13H2,1-2H3. The van der Waals surface area contributed by atoms with Crippen molar-refractivity contribution in [1.82, 2.24) is 15.2 Å².